The van der Waals surface area contributed by atoms with Crippen molar-refractivity contribution < 1.29 is 9.59 Å². The molecule has 124 valence electrons. The minimum absolute atomic E-state index is 0.0464. The Morgan fingerprint density at radius 3 is 2.92 bits per heavy atom. The van der Waals surface area contributed by atoms with E-state index in [1.54, 1.807) is 16.2 Å². The highest BCUT2D eigenvalue weighted by Crippen LogP contribution is 2.34. The maximum Gasteiger partial charge on any atom is 0.321 e. The standard InChI is InChI=1S/C18H19N3O2S/c22-17(21-8-2-5-16(21)14-6-10-24-12-14)13-3-1-4-15(11-13)20-9-7-19-18(20)23/h1,3-4,6,10-12,16H,2,5,7-9H2,(H,19,23)/t16-/m1/s1. The summed E-state index contributed by atoms with van der Waals surface area (Å²) in [6.07, 6.45) is 2.04. The molecule has 3 heterocycles. The average molecular weight is 341 g/mol. The minimum Gasteiger partial charge on any atom is -0.336 e. The maximum atomic E-state index is 13.0. The first kappa shape index (κ1) is 15.2. The van der Waals surface area contributed by atoms with Crippen LogP contribution in [0.15, 0.2) is 41.1 Å². The van der Waals surface area contributed by atoms with E-state index in [2.05, 4.69) is 22.1 Å². The van der Waals surface area contributed by atoms with E-state index in [-0.39, 0.29) is 18.0 Å². The Morgan fingerprint density at radius 2 is 2.17 bits per heavy atom. The number of nitrogens with one attached hydrogen (secondary N) is 1. The van der Waals surface area contributed by atoms with Gasteiger partial charge in [-0.1, -0.05) is 6.07 Å². The Morgan fingerprint density at radius 1 is 1.25 bits per heavy atom. The molecule has 0 aliphatic carbocycles. The van der Waals surface area contributed by atoms with Crippen LogP contribution in [0.25, 0.3) is 0 Å². The van der Waals surface area contributed by atoms with E-state index in [9.17, 15) is 9.59 Å². The van der Waals surface area contributed by atoms with Crippen molar-refractivity contribution in [2.75, 3.05) is 24.5 Å². The summed E-state index contributed by atoms with van der Waals surface area (Å²) >= 11 is 1.67. The number of hydrogen-bond donors (Lipinski definition) is 1. The lowest BCUT2D eigenvalue weighted by atomic mass is 10.1. The largest absolute Gasteiger partial charge is 0.336 e. The molecule has 24 heavy (non-hydrogen) atoms. The molecule has 3 amide bonds. The molecule has 2 aliphatic rings. The van der Waals surface area contributed by atoms with Crippen molar-refractivity contribution in [3.63, 3.8) is 0 Å². The van der Waals surface area contributed by atoms with Crippen LogP contribution in [0.2, 0.25) is 0 Å². The summed E-state index contributed by atoms with van der Waals surface area (Å²) in [5, 5.41) is 6.97. The van der Waals surface area contributed by atoms with Crippen LogP contribution in [0, 0.1) is 0 Å². The van der Waals surface area contributed by atoms with Crippen LogP contribution < -0.4 is 10.2 Å². The van der Waals surface area contributed by atoms with Gasteiger partial charge >= 0.3 is 6.03 Å². The Kier molecular flexibility index (Phi) is 3.98. The number of likely N-dealkylation sites (tertiary alicyclic amines) is 1. The number of amides is 3. The van der Waals surface area contributed by atoms with E-state index in [1.807, 2.05) is 29.2 Å². The van der Waals surface area contributed by atoms with E-state index in [1.165, 1.54) is 5.56 Å². The smallest absolute Gasteiger partial charge is 0.321 e. The molecule has 0 saturated carbocycles. The molecule has 2 fully saturated rings. The van der Waals surface area contributed by atoms with Crippen LogP contribution in [0.3, 0.4) is 0 Å². The Hall–Kier alpha value is -2.34. The summed E-state index contributed by atoms with van der Waals surface area (Å²) < 4.78 is 0. The third kappa shape index (κ3) is 2.67. The fraction of sp³-hybridized carbons (Fsp3) is 0.333. The SMILES string of the molecule is O=C1NCCN1c1cccc(C(=O)N2CCC[C@@H]2c2ccsc2)c1. The van der Waals surface area contributed by atoms with Crippen molar-refractivity contribution in [3.8, 4) is 0 Å². The molecular formula is C18H19N3O2S. The average Bonchev–Trinajstić information content (AvgIpc) is 3.34. The lowest BCUT2D eigenvalue weighted by molar-refractivity contribution is 0.0736. The predicted octanol–water partition coefficient (Wildman–Crippen LogP) is 3.26. The van der Waals surface area contributed by atoms with Gasteiger partial charge in [0.05, 0.1) is 6.04 Å². The van der Waals surface area contributed by atoms with Gasteiger partial charge in [-0.2, -0.15) is 11.3 Å². The van der Waals surface area contributed by atoms with Crippen molar-refractivity contribution >= 4 is 29.0 Å². The number of thiophene rings is 1. The molecule has 1 aromatic heterocycles. The van der Waals surface area contributed by atoms with E-state index in [4.69, 9.17) is 0 Å². The molecular weight excluding hydrogens is 322 g/mol. The second-order valence-corrected chi connectivity index (χ2v) is 6.93. The molecule has 4 rings (SSSR count). The van der Waals surface area contributed by atoms with E-state index in [0.29, 0.717) is 18.7 Å². The first-order valence-electron chi connectivity index (χ1n) is 8.22. The molecule has 1 N–H and O–H groups in total. The van der Waals surface area contributed by atoms with Crippen molar-refractivity contribution in [2.24, 2.45) is 0 Å². The summed E-state index contributed by atoms with van der Waals surface area (Å²) in [5.74, 6) is 0.0464. The van der Waals surface area contributed by atoms with Crippen LogP contribution in [0.1, 0.15) is 34.8 Å². The molecule has 0 bridgehead atoms. The fourth-order valence-electron chi connectivity index (χ4n) is 3.51. The van der Waals surface area contributed by atoms with E-state index >= 15 is 0 Å². The lowest BCUT2D eigenvalue weighted by Gasteiger charge is -2.25. The van der Waals surface area contributed by atoms with Crippen LogP contribution in [0.5, 0.6) is 0 Å². The number of rotatable bonds is 3. The normalized spacial score (nSPS) is 20.5. The number of carbonyl (C=O) groups excluding carboxylic acids is 2. The molecule has 0 radical (unpaired) electrons. The van der Waals surface area contributed by atoms with Crippen LogP contribution in [-0.2, 0) is 0 Å². The third-order valence-electron chi connectivity index (χ3n) is 4.70. The number of hydrogen-bond acceptors (Lipinski definition) is 3. The molecule has 0 unspecified atom stereocenters. The molecule has 1 aromatic carbocycles. The lowest BCUT2D eigenvalue weighted by Crippen LogP contribution is -2.31. The third-order valence-corrected chi connectivity index (χ3v) is 5.40. The Labute approximate surface area is 144 Å². The monoisotopic (exact) mass is 341 g/mol. The number of anilines is 1. The highest BCUT2D eigenvalue weighted by Gasteiger charge is 2.31. The molecule has 2 aromatic rings. The molecule has 2 aliphatic heterocycles. The number of carbonyl (C=O) groups is 2. The highest BCUT2D eigenvalue weighted by molar-refractivity contribution is 7.08. The van der Waals surface area contributed by atoms with Gasteiger partial charge in [0.15, 0.2) is 0 Å². The first-order chi connectivity index (χ1) is 11.7. The van der Waals surface area contributed by atoms with Gasteiger partial charge in [-0.05, 0) is 53.4 Å². The van der Waals surface area contributed by atoms with Crippen molar-refractivity contribution in [3.05, 3.63) is 52.2 Å². The number of benzene rings is 1. The molecule has 6 heteroatoms. The summed E-state index contributed by atoms with van der Waals surface area (Å²) in [4.78, 5) is 28.5. The Bertz CT molecular complexity index is 759. The van der Waals surface area contributed by atoms with Gasteiger partial charge in [0, 0.05) is 30.9 Å². The summed E-state index contributed by atoms with van der Waals surface area (Å²) in [7, 11) is 0. The maximum absolute atomic E-state index is 13.0. The quantitative estimate of drug-likeness (QED) is 0.932. The highest BCUT2D eigenvalue weighted by atomic mass is 32.1. The second kappa shape index (κ2) is 6.28. The van der Waals surface area contributed by atoms with Crippen LogP contribution >= 0.6 is 11.3 Å². The topological polar surface area (TPSA) is 52.7 Å². The molecule has 2 saturated heterocycles. The number of urea groups is 1. The molecule has 1 atom stereocenters. The minimum atomic E-state index is -0.100. The zero-order valence-corrected chi connectivity index (χ0v) is 14.1. The predicted molar refractivity (Wildman–Crippen MR) is 94.5 cm³/mol. The van der Waals surface area contributed by atoms with Gasteiger partial charge < -0.3 is 10.2 Å². The van der Waals surface area contributed by atoms with Gasteiger partial charge in [0.1, 0.15) is 0 Å². The summed E-state index contributed by atoms with van der Waals surface area (Å²) in [6.45, 7) is 2.06. The first-order valence-corrected chi connectivity index (χ1v) is 9.17. The van der Waals surface area contributed by atoms with Crippen LogP contribution in [-0.4, -0.2) is 36.5 Å². The van der Waals surface area contributed by atoms with Gasteiger partial charge in [-0.25, -0.2) is 4.79 Å². The van der Waals surface area contributed by atoms with E-state index in [0.717, 1.165) is 25.1 Å². The second-order valence-electron chi connectivity index (χ2n) is 6.15. The van der Waals surface area contributed by atoms with Gasteiger partial charge in [0.2, 0.25) is 0 Å². The van der Waals surface area contributed by atoms with Crippen LogP contribution in [0.4, 0.5) is 10.5 Å². The summed E-state index contributed by atoms with van der Waals surface area (Å²) in [5.41, 5.74) is 2.65. The van der Waals surface area contributed by atoms with Gasteiger partial charge in [-0.15, -0.1) is 0 Å². The van der Waals surface area contributed by atoms with Gasteiger partial charge in [0.25, 0.3) is 5.91 Å². The number of nitrogens with zero attached hydrogens (tertiary/aromatic N) is 2. The zero-order valence-electron chi connectivity index (χ0n) is 13.3. The van der Waals surface area contributed by atoms with Crippen molar-refractivity contribution in [2.45, 2.75) is 18.9 Å². The fourth-order valence-corrected chi connectivity index (χ4v) is 4.22. The molecule has 0 spiro atoms. The molecule has 5 nitrogen and oxygen atoms in total. The Balaban J connectivity index is 1.59. The zero-order chi connectivity index (χ0) is 16.5. The summed E-state index contributed by atoms with van der Waals surface area (Å²) in [6, 6.07) is 9.57. The van der Waals surface area contributed by atoms with Crippen molar-refractivity contribution in [1.82, 2.24) is 10.2 Å². The van der Waals surface area contributed by atoms with E-state index < -0.39 is 0 Å². The van der Waals surface area contributed by atoms with Gasteiger partial charge in [-0.3, -0.25) is 9.69 Å². The van der Waals surface area contributed by atoms with Crippen molar-refractivity contribution in [1.29, 1.82) is 0 Å².